The van der Waals surface area contributed by atoms with Gasteiger partial charge in [0.05, 0.1) is 11.8 Å². The largest absolute Gasteiger partial charge is 0.444 e. The normalized spacial score (nSPS) is 21.0. The number of hydrogen-bond donors (Lipinski definition) is 1. The summed E-state index contributed by atoms with van der Waals surface area (Å²) in [5.41, 5.74) is 2.38. The number of fused-ring (bicyclic) bond motifs is 2. The van der Waals surface area contributed by atoms with Gasteiger partial charge in [0.1, 0.15) is 23.5 Å². The van der Waals surface area contributed by atoms with E-state index >= 15 is 4.39 Å². The number of piperidine rings is 1. The predicted octanol–water partition coefficient (Wildman–Crippen LogP) is 5.64. The molecule has 2 fully saturated rings. The molecule has 8 nitrogen and oxygen atoms in total. The number of nitrogens with one attached hydrogen (secondary N) is 1. The lowest BCUT2D eigenvalue weighted by Crippen LogP contribution is -2.55. The van der Waals surface area contributed by atoms with E-state index in [2.05, 4.69) is 32.2 Å². The van der Waals surface area contributed by atoms with E-state index < -0.39 is 23.8 Å². The minimum Gasteiger partial charge on any atom is -0.444 e. The molecule has 0 radical (unpaired) electrons. The lowest BCUT2D eigenvalue weighted by atomic mass is 9.97. The van der Waals surface area contributed by atoms with Crippen molar-refractivity contribution >= 4 is 12.0 Å². The molecule has 9 heteroatoms. The van der Waals surface area contributed by atoms with Crippen LogP contribution in [0.4, 0.5) is 9.18 Å². The second kappa shape index (κ2) is 12.0. The molecule has 1 saturated carbocycles. The van der Waals surface area contributed by atoms with Gasteiger partial charge in [0.15, 0.2) is 0 Å². The van der Waals surface area contributed by atoms with E-state index in [9.17, 15) is 14.9 Å². The Bertz CT molecular complexity index is 1270. The van der Waals surface area contributed by atoms with Crippen molar-refractivity contribution in [2.24, 2.45) is 11.8 Å². The summed E-state index contributed by atoms with van der Waals surface area (Å²) in [5.74, 6) is -0.195. The molecule has 4 atom stereocenters. The fourth-order valence-electron chi connectivity index (χ4n) is 5.92. The molecule has 2 aromatic rings. The third-order valence-corrected chi connectivity index (χ3v) is 7.75. The monoisotopic (exact) mass is 551 g/mol. The Morgan fingerprint density at radius 2 is 2.00 bits per heavy atom. The van der Waals surface area contributed by atoms with Gasteiger partial charge in [0.25, 0.3) is 0 Å². The number of nitrogens with zero attached hydrogens (tertiary/aromatic N) is 4. The number of aryl methyl sites for hydroxylation is 2. The molecule has 4 rings (SSSR count). The SMILES string of the molecule is CCc1cc(-c2ccc(CCC(C#N)NC(=O)C3C4CCC(C4)N3C(=O)OC(C)(C)C)c(F)c2)nn1CC(C)C. The number of carbonyl (C=O) groups excluding carboxylic acids is 2. The molecular weight excluding hydrogens is 509 g/mol. The highest BCUT2D eigenvalue weighted by atomic mass is 19.1. The first kappa shape index (κ1) is 29.6. The lowest BCUT2D eigenvalue weighted by Gasteiger charge is -2.35. The van der Waals surface area contributed by atoms with Gasteiger partial charge in [-0.05, 0) is 88.8 Å². The first-order valence-corrected chi connectivity index (χ1v) is 14.5. The van der Waals surface area contributed by atoms with Crippen LogP contribution >= 0.6 is 0 Å². The smallest absolute Gasteiger partial charge is 0.411 e. The van der Waals surface area contributed by atoms with Gasteiger partial charge in [0.2, 0.25) is 5.91 Å². The van der Waals surface area contributed by atoms with Crippen LogP contribution in [0.1, 0.15) is 78.5 Å². The average molecular weight is 552 g/mol. The van der Waals surface area contributed by atoms with Crippen LogP contribution < -0.4 is 5.32 Å². The number of benzene rings is 1. The van der Waals surface area contributed by atoms with E-state index in [1.54, 1.807) is 31.7 Å². The Balaban J connectivity index is 1.40. The van der Waals surface area contributed by atoms with Crippen molar-refractivity contribution < 1.29 is 18.7 Å². The van der Waals surface area contributed by atoms with Crippen LogP contribution in [-0.4, -0.2) is 50.4 Å². The summed E-state index contributed by atoms with van der Waals surface area (Å²) < 4.78 is 22.7. The molecule has 2 aliphatic rings. The number of nitriles is 1. The molecule has 2 bridgehead atoms. The van der Waals surface area contributed by atoms with Crippen molar-refractivity contribution in [3.8, 4) is 17.3 Å². The van der Waals surface area contributed by atoms with Gasteiger partial charge < -0.3 is 10.1 Å². The molecule has 1 aromatic heterocycles. The molecule has 1 saturated heterocycles. The highest BCUT2D eigenvalue weighted by molar-refractivity contribution is 5.87. The fourth-order valence-corrected chi connectivity index (χ4v) is 5.92. The first-order valence-electron chi connectivity index (χ1n) is 14.5. The highest BCUT2D eigenvalue weighted by Crippen LogP contribution is 2.43. The third-order valence-electron chi connectivity index (χ3n) is 7.75. The van der Waals surface area contributed by atoms with Gasteiger partial charge in [-0.25, -0.2) is 9.18 Å². The van der Waals surface area contributed by atoms with Crippen molar-refractivity contribution in [3.63, 3.8) is 0 Å². The number of carbonyl (C=O) groups is 2. The Kier molecular flexibility index (Phi) is 8.86. The zero-order chi connectivity index (χ0) is 29.2. The van der Waals surface area contributed by atoms with Crippen LogP contribution in [0, 0.1) is 29.0 Å². The van der Waals surface area contributed by atoms with Crippen molar-refractivity contribution in [1.29, 1.82) is 5.26 Å². The molecule has 2 amide bonds. The highest BCUT2D eigenvalue weighted by Gasteiger charge is 2.52. The summed E-state index contributed by atoms with van der Waals surface area (Å²) in [6.07, 6.45) is 3.39. The van der Waals surface area contributed by atoms with Crippen LogP contribution in [-0.2, 0) is 28.9 Å². The molecule has 1 aromatic carbocycles. The number of halogens is 1. The van der Waals surface area contributed by atoms with Gasteiger partial charge in [-0.15, -0.1) is 0 Å². The number of likely N-dealkylation sites (tertiary alicyclic amines) is 1. The van der Waals surface area contributed by atoms with Crippen molar-refractivity contribution in [2.45, 2.75) is 110 Å². The number of rotatable bonds is 9. The standard InChI is InChI=1S/C31H42FN5O3/c1-7-24-16-27(35-36(24)18-19(2)3)21-9-8-20(26(32)15-21)10-12-23(17-33)34-29(38)28-22-11-13-25(14-22)37(28)30(39)40-31(4,5)6/h8-9,15-16,19,22-23,25,28H,7,10-14,18H2,1-6H3,(H,34,38). The topological polar surface area (TPSA) is 100 Å². The zero-order valence-electron chi connectivity index (χ0n) is 24.5. The number of amides is 2. The van der Waals surface area contributed by atoms with Gasteiger partial charge in [0, 0.05) is 23.8 Å². The second-order valence-electron chi connectivity index (χ2n) is 12.5. The van der Waals surface area contributed by atoms with Gasteiger partial charge in [-0.2, -0.15) is 10.4 Å². The predicted molar refractivity (Wildman–Crippen MR) is 151 cm³/mol. The molecule has 1 N–H and O–H groups in total. The summed E-state index contributed by atoms with van der Waals surface area (Å²) in [5, 5.41) is 17.3. The van der Waals surface area contributed by atoms with Gasteiger partial charge in [-0.1, -0.05) is 32.9 Å². The van der Waals surface area contributed by atoms with Crippen molar-refractivity contribution in [1.82, 2.24) is 20.0 Å². The first-order chi connectivity index (χ1) is 18.9. The van der Waals surface area contributed by atoms with Crippen LogP contribution in [0.3, 0.4) is 0 Å². The van der Waals surface area contributed by atoms with E-state index in [0.717, 1.165) is 43.6 Å². The van der Waals surface area contributed by atoms with Gasteiger partial charge in [-0.3, -0.25) is 14.4 Å². The molecule has 216 valence electrons. The van der Waals surface area contributed by atoms with E-state index in [4.69, 9.17) is 9.84 Å². The van der Waals surface area contributed by atoms with E-state index in [0.29, 0.717) is 23.5 Å². The molecule has 4 unspecified atom stereocenters. The molecule has 1 aliphatic carbocycles. The zero-order valence-corrected chi connectivity index (χ0v) is 24.5. The lowest BCUT2D eigenvalue weighted by molar-refractivity contribution is -0.128. The minimum atomic E-state index is -0.801. The minimum absolute atomic E-state index is 0.0195. The summed E-state index contributed by atoms with van der Waals surface area (Å²) in [6, 6.07) is 7.75. The van der Waals surface area contributed by atoms with Crippen LogP contribution in [0.25, 0.3) is 11.3 Å². The quantitative estimate of drug-likeness (QED) is 0.435. The second-order valence-corrected chi connectivity index (χ2v) is 12.5. The summed E-state index contributed by atoms with van der Waals surface area (Å²) in [4.78, 5) is 27.7. The Labute approximate surface area is 236 Å². The molecular formula is C31H42FN5O3. The van der Waals surface area contributed by atoms with Gasteiger partial charge >= 0.3 is 6.09 Å². The van der Waals surface area contributed by atoms with Crippen LogP contribution in [0.2, 0.25) is 0 Å². The molecule has 2 heterocycles. The van der Waals surface area contributed by atoms with Crippen molar-refractivity contribution in [3.05, 3.63) is 41.3 Å². The molecule has 40 heavy (non-hydrogen) atoms. The summed E-state index contributed by atoms with van der Waals surface area (Å²) in [7, 11) is 0. The third kappa shape index (κ3) is 6.65. The number of hydrogen-bond acceptors (Lipinski definition) is 5. The maximum absolute atomic E-state index is 15.1. The average Bonchev–Trinajstić information content (AvgIpc) is 3.60. The summed E-state index contributed by atoms with van der Waals surface area (Å²) >= 11 is 0. The van der Waals surface area contributed by atoms with Crippen molar-refractivity contribution in [2.75, 3.05) is 0 Å². The maximum Gasteiger partial charge on any atom is 0.411 e. The number of ether oxygens (including phenoxy) is 1. The van der Waals surface area contributed by atoms with Crippen LogP contribution in [0.5, 0.6) is 0 Å². The summed E-state index contributed by atoms with van der Waals surface area (Å²) in [6.45, 7) is 12.6. The Morgan fingerprint density at radius 3 is 2.62 bits per heavy atom. The Hall–Kier alpha value is -3.41. The number of aromatic nitrogens is 2. The molecule has 0 spiro atoms. The molecule has 1 aliphatic heterocycles. The fraction of sp³-hybridized carbons (Fsp3) is 0.613. The van der Waals surface area contributed by atoms with E-state index in [1.165, 1.54) is 6.07 Å². The Morgan fingerprint density at radius 1 is 1.25 bits per heavy atom. The van der Waals surface area contributed by atoms with E-state index in [-0.39, 0.29) is 30.1 Å². The van der Waals surface area contributed by atoms with E-state index in [1.807, 2.05) is 16.8 Å². The van der Waals surface area contributed by atoms with Crippen LogP contribution in [0.15, 0.2) is 24.3 Å². The maximum atomic E-state index is 15.1.